The molecular weight excluding hydrogens is 242 g/mol. The van der Waals surface area contributed by atoms with Crippen molar-refractivity contribution in [3.63, 3.8) is 0 Å². The van der Waals surface area contributed by atoms with Gasteiger partial charge in [0, 0.05) is 24.3 Å². The van der Waals surface area contributed by atoms with Gasteiger partial charge in [-0.3, -0.25) is 0 Å². The Bertz CT molecular complexity index is 355. The zero-order valence-corrected chi connectivity index (χ0v) is 9.10. The van der Waals surface area contributed by atoms with Gasteiger partial charge in [-0.05, 0) is 12.1 Å². The smallest absolute Gasteiger partial charge is 0.190 e. The van der Waals surface area contributed by atoms with Crippen molar-refractivity contribution in [3.8, 4) is 0 Å². The highest BCUT2D eigenvalue weighted by atomic mass is 79.9. The van der Waals surface area contributed by atoms with Crippen molar-refractivity contribution in [3.05, 3.63) is 18.3 Å². The molecule has 0 radical (unpaired) electrons. The molecular formula is C7H10BrNO2S. The number of hydrogen-bond donors (Lipinski definition) is 0. The largest absolute Gasteiger partial charge is 0.338 e. The van der Waals surface area contributed by atoms with E-state index >= 15 is 0 Å². The Labute approximate surface area is 80.4 Å². The van der Waals surface area contributed by atoms with Crippen LogP contribution in [0.2, 0.25) is 0 Å². The Morgan fingerprint density at radius 1 is 1.58 bits per heavy atom. The summed E-state index contributed by atoms with van der Waals surface area (Å²) in [5.41, 5.74) is 0. The molecule has 0 spiro atoms. The number of sulfone groups is 1. The molecule has 0 bridgehead atoms. The van der Waals surface area contributed by atoms with Crippen molar-refractivity contribution in [1.29, 1.82) is 0 Å². The topological polar surface area (TPSA) is 39.1 Å². The van der Waals surface area contributed by atoms with Gasteiger partial charge in [-0.25, -0.2) is 8.42 Å². The maximum Gasteiger partial charge on any atom is 0.190 e. The number of aromatic nitrogens is 1. The lowest BCUT2D eigenvalue weighted by molar-refractivity contribution is 0.585. The van der Waals surface area contributed by atoms with Gasteiger partial charge in [0.15, 0.2) is 9.84 Å². The van der Waals surface area contributed by atoms with Crippen LogP contribution in [0.5, 0.6) is 0 Å². The zero-order chi connectivity index (χ0) is 9.19. The normalized spacial score (nSPS) is 11.8. The summed E-state index contributed by atoms with van der Waals surface area (Å²) in [6, 6.07) is 3.34. The first-order valence-corrected chi connectivity index (χ1v) is 6.48. The van der Waals surface area contributed by atoms with Crippen LogP contribution in [0.3, 0.4) is 0 Å². The van der Waals surface area contributed by atoms with Crippen LogP contribution >= 0.6 is 15.9 Å². The number of alkyl halides is 1. The fourth-order valence-electron chi connectivity index (χ4n) is 1.01. The summed E-state index contributed by atoms with van der Waals surface area (Å²) in [6.45, 7) is 0.676. The molecule has 0 saturated carbocycles. The minimum Gasteiger partial charge on any atom is -0.338 e. The summed E-state index contributed by atoms with van der Waals surface area (Å²) in [5, 5.41) is 1.13. The van der Waals surface area contributed by atoms with Crippen LogP contribution in [0.15, 0.2) is 23.4 Å². The van der Waals surface area contributed by atoms with Crippen molar-refractivity contribution in [2.75, 3.05) is 11.6 Å². The van der Waals surface area contributed by atoms with Gasteiger partial charge in [0.2, 0.25) is 0 Å². The van der Waals surface area contributed by atoms with Crippen LogP contribution in [0.1, 0.15) is 0 Å². The van der Waals surface area contributed by atoms with Gasteiger partial charge >= 0.3 is 0 Å². The van der Waals surface area contributed by atoms with E-state index in [-0.39, 0.29) is 0 Å². The van der Waals surface area contributed by atoms with Gasteiger partial charge in [0.25, 0.3) is 0 Å². The highest BCUT2D eigenvalue weighted by Crippen LogP contribution is 2.09. The van der Waals surface area contributed by atoms with E-state index in [1.165, 1.54) is 6.26 Å². The first-order valence-electron chi connectivity index (χ1n) is 3.47. The van der Waals surface area contributed by atoms with Gasteiger partial charge < -0.3 is 4.57 Å². The fourth-order valence-corrected chi connectivity index (χ4v) is 2.30. The number of aryl methyl sites for hydroxylation is 1. The molecule has 3 nitrogen and oxygen atoms in total. The molecule has 0 N–H and O–H groups in total. The Morgan fingerprint density at radius 2 is 2.25 bits per heavy atom. The molecule has 5 heteroatoms. The standard InChI is InChI=1S/C7H10BrNO2S/c1-12(10,11)7-3-2-5-9(7)6-4-8/h2-3,5H,4,6H2,1H3. The molecule has 0 amide bonds. The second-order valence-electron chi connectivity index (χ2n) is 2.50. The molecule has 0 aliphatic rings. The number of halogens is 1. The molecule has 1 aromatic heterocycles. The summed E-state index contributed by atoms with van der Waals surface area (Å²) >= 11 is 3.26. The highest BCUT2D eigenvalue weighted by molar-refractivity contribution is 9.09. The van der Waals surface area contributed by atoms with Gasteiger partial charge in [-0.15, -0.1) is 0 Å². The van der Waals surface area contributed by atoms with Crippen molar-refractivity contribution in [2.24, 2.45) is 0 Å². The molecule has 68 valence electrons. The van der Waals surface area contributed by atoms with Gasteiger partial charge in [-0.2, -0.15) is 0 Å². The summed E-state index contributed by atoms with van der Waals surface area (Å²) < 4.78 is 24.0. The first-order chi connectivity index (χ1) is 5.55. The van der Waals surface area contributed by atoms with E-state index in [0.717, 1.165) is 5.33 Å². The molecule has 1 rings (SSSR count). The molecule has 0 unspecified atom stereocenters. The van der Waals surface area contributed by atoms with Crippen LogP contribution in [0, 0.1) is 0 Å². The molecule has 12 heavy (non-hydrogen) atoms. The van der Waals surface area contributed by atoms with Crippen LogP contribution in [-0.2, 0) is 16.4 Å². The predicted molar refractivity (Wildman–Crippen MR) is 51.3 cm³/mol. The number of nitrogens with zero attached hydrogens (tertiary/aromatic N) is 1. The molecule has 1 heterocycles. The van der Waals surface area contributed by atoms with E-state index in [2.05, 4.69) is 15.9 Å². The highest BCUT2D eigenvalue weighted by Gasteiger charge is 2.10. The molecule has 0 aliphatic carbocycles. The molecule has 1 aromatic rings. The number of rotatable bonds is 3. The second-order valence-corrected chi connectivity index (χ2v) is 5.26. The van der Waals surface area contributed by atoms with E-state index in [0.29, 0.717) is 11.6 Å². The minimum atomic E-state index is -3.07. The van der Waals surface area contributed by atoms with Gasteiger partial charge in [-0.1, -0.05) is 15.9 Å². The summed E-state index contributed by atoms with van der Waals surface area (Å²) in [7, 11) is -3.07. The molecule has 0 aliphatic heterocycles. The Hall–Kier alpha value is -0.290. The fraction of sp³-hybridized carbons (Fsp3) is 0.429. The average molecular weight is 252 g/mol. The molecule has 0 fully saturated rings. The third kappa shape index (κ3) is 2.10. The third-order valence-electron chi connectivity index (χ3n) is 1.49. The Kier molecular flexibility index (Phi) is 2.95. The van der Waals surface area contributed by atoms with Crippen molar-refractivity contribution in [1.82, 2.24) is 4.57 Å². The lowest BCUT2D eigenvalue weighted by atomic mass is 10.7. The van der Waals surface area contributed by atoms with Gasteiger partial charge in [0.1, 0.15) is 5.03 Å². The van der Waals surface area contributed by atoms with Crippen LogP contribution < -0.4 is 0 Å². The molecule has 0 atom stereocenters. The third-order valence-corrected chi connectivity index (χ3v) is 2.98. The molecule has 0 aromatic carbocycles. The van der Waals surface area contributed by atoms with E-state index in [9.17, 15) is 8.42 Å². The zero-order valence-electron chi connectivity index (χ0n) is 6.70. The van der Waals surface area contributed by atoms with Crippen molar-refractivity contribution < 1.29 is 8.42 Å². The Morgan fingerprint density at radius 3 is 2.75 bits per heavy atom. The van der Waals surface area contributed by atoms with Crippen LogP contribution in [-0.4, -0.2) is 24.6 Å². The minimum absolute atomic E-state index is 0.377. The van der Waals surface area contributed by atoms with E-state index in [1.807, 2.05) is 0 Å². The summed E-state index contributed by atoms with van der Waals surface area (Å²) in [6.07, 6.45) is 2.98. The van der Waals surface area contributed by atoms with Crippen LogP contribution in [0.4, 0.5) is 0 Å². The SMILES string of the molecule is CS(=O)(=O)c1cccn1CCBr. The average Bonchev–Trinajstić information content (AvgIpc) is 2.34. The van der Waals surface area contributed by atoms with Crippen LogP contribution in [0.25, 0.3) is 0 Å². The van der Waals surface area contributed by atoms with E-state index in [1.54, 1.807) is 22.9 Å². The maximum atomic E-state index is 11.2. The lowest BCUT2D eigenvalue weighted by Gasteiger charge is -2.03. The maximum absolute atomic E-state index is 11.2. The quantitative estimate of drug-likeness (QED) is 0.760. The van der Waals surface area contributed by atoms with Crippen molar-refractivity contribution in [2.45, 2.75) is 11.6 Å². The van der Waals surface area contributed by atoms with E-state index in [4.69, 9.17) is 0 Å². The summed E-state index contributed by atoms with van der Waals surface area (Å²) in [4.78, 5) is 0. The van der Waals surface area contributed by atoms with Crippen molar-refractivity contribution >= 4 is 25.8 Å². The first kappa shape index (κ1) is 9.80. The predicted octanol–water partition coefficient (Wildman–Crippen LogP) is 1.29. The molecule has 0 saturated heterocycles. The Balaban J connectivity index is 3.08. The lowest BCUT2D eigenvalue weighted by Crippen LogP contribution is -2.07. The monoisotopic (exact) mass is 251 g/mol. The van der Waals surface area contributed by atoms with Gasteiger partial charge in [0.05, 0.1) is 0 Å². The summed E-state index contributed by atoms with van der Waals surface area (Å²) in [5.74, 6) is 0. The number of hydrogen-bond acceptors (Lipinski definition) is 2. The second kappa shape index (κ2) is 3.62. The van der Waals surface area contributed by atoms with E-state index < -0.39 is 9.84 Å².